The smallest absolute Gasteiger partial charge is 0.217 e. The Bertz CT molecular complexity index is 305. The summed E-state index contributed by atoms with van der Waals surface area (Å²) in [5.74, 6) is 0.733. The van der Waals surface area contributed by atoms with Gasteiger partial charge < -0.3 is 10.1 Å². The Morgan fingerprint density at radius 2 is 2.13 bits per heavy atom. The van der Waals surface area contributed by atoms with E-state index in [1.165, 1.54) is 0 Å². The predicted molar refractivity (Wildman–Crippen MR) is 62.0 cm³/mol. The quantitative estimate of drug-likeness (QED) is 0.824. The molecule has 0 saturated carbocycles. The third-order valence-electron chi connectivity index (χ3n) is 1.94. The van der Waals surface area contributed by atoms with Gasteiger partial charge in [0.25, 0.3) is 0 Å². The maximum absolute atomic E-state index is 5.45. The molecule has 0 aliphatic heterocycles. The molecule has 1 heterocycles. The third kappa shape index (κ3) is 4.30. The Morgan fingerprint density at radius 1 is 1.40 bits per heavy atom. The fraction of sp³-hybridized carbons (Fsp3) is 0.583. The molecule has 1 N–H and O–H groups in total. The van der Waals surface area contributed by atoms with E-state index in [0.717, 1.165) is 18.0 Å². The SMILES string of the molecule is CCOc1ncccc1CNC(C)(C)C. The van der Waals surface area contributed by atoms with Gasteiger partial charge in [-0.1, -0.05) is 6.07 Å². The largest absolute Gasteiger partial charge is 0.478 e. The zero-order valence-electron chi connectivity index (χ0n) is 10.0. The van der Waals surface area contributed by atoms with Gasteiger partial charge in [-0.2, -0.15) is 0 Å². The first-order chi connectivity index (χ1) is 7.03. The normalized spacial score (nSPS) is 11.5. The van der Waals surface area contributed by atoms with Gasteiger partial charge in [-0.15, -0.1) is 0 Å². The van der Waals surface area contributed by atoms with Gasteiger partial charge in [-0.25, -0.2) is 4.98 Å². The molecule has 1 rings (SSSR count). The van der Waals surface area contributed by atoms with Crippen molar-refractivity contribution in [1.82, 2.24) is 10.3 Å². The maximum atomic E-state index is 5.45. The van der Waals surface area contributed by atoms with Gasteiger partial charge in [0.15, 0.2) is 0 Å². The third-order valence-corrected chi connectivity index (χ3v) is 1.94. The molecule has 0 radical (unpaired) electrons. The Hall–Kier alpha value is -1.09. The fourth-order valence-electron chi connectivity index (χ4n) is 1.19. The summed E-state index contributed by atoms with van der Waals surface area (Å²) in [5.41, 5.74) is 1.22. The second-order valence-corrected chi connectivity index (χ2v) is 4.50. The molecule has 0 amide bonds. The Morgan fingerprint density at radius 3 is 2.73 bits per heavy atom. The van der Waals surface area contributed by atoms with Crippen LogP contribution >= 0.6 is 0 Å². The molecule has 15 heavy (non-hydrogen) atoms. The summed E-state index contributed by atoms with van der Waals surface area (Å²) < 4.78 is 5.45. The second kappa shape index (κ2) is 5.12. The van der Waals surface area contributed by atoms with E-state index < -0.39 is 0 Å². The van der Waals surface area contributed by atoms with E-state index >= 15 is 0 Å². The number of hydrogen-bond acceptors (Lipinski definition) is 3. The van der Waals surface area contributed by atoms with Crippen LogP contribution in [0.15, 0.2) is 18.3 Å². The number of nitrogens with zero attached hydrogens (tertiary/aromatic N) is 1. The van der Waals surface area contributed by atoms with E-state index in [-0.39, 0.29) is 5.54 Å². The number of pyridine rings is 1. The molecule has 0 spiro atoms. The number of rotatable bonds is 4. The molecule has 0 aromatic carbocycles. The molecule has 1 aromatic heterocycles. The molecule has 3 heteroatoms. The summed E-state index contributed by atoms with van der Waals surface area (Å²) in [6.07, 6.45) is 1.76. The minimum atomic E-state index is 0.110. The monoisotopic (exact) mass is 208 g/mol. The molecule has 3 nitrogen and oxygen atoms in total. The lowest BCUT2D eigenvalue weighted by Crippen LogP contribution is -2.35. The van der Waals surface area contributed by atoms with Crippen LogP contribution < -0.4 is 10.1 Å². The van der Waals surface area contributed by atoms with Crippen LogP contribution in [0.3, 0.4) is 0 Å². The number of aromatic nitrogens is 1. The molecule has 84 valence electrons. The van der Waals surface area contributed by atoms with Crippen LogP contribution in [0.5, 0.6) is 5.88 Å². The average Bonchev–Trinajstić information content (AvgIpc) is 2.16. The van der Waals surface area contributed by atoms with Crippen molar-refractivity contribution >= 4 is 0 Å². The lowest BCUT2D eigenvalue weighted by atomic mass is 10.1. The average molecular weight is 208 g/mol. The minimum Gasteiger partial charge on any atom is -0.478 e. The lowest BCUT2D eigenvalue weighted by molar-refractivity contribution is 0.319. The first kappa shape index (κ1) is 12.0. The topological polar surface area (TPSA) is 34.1 Å². The van der Waals surface area contributed by atoms with Crippen molar-refractivity contribution < 1.29 is 4.74 Å². The molecule has 0 atom stereocenters. The molecule has 1 aromatic rings. The van der Waals surface area contributed by atoms with Gasteiger partial charge >= 0.3 is 0 Å². The first-order valence-electron chi connectivity index (χ1n) is 5.34. The lowest BCUT2D eigenvalue weighted by Gasteiger charge is -2.21. The molecule has 0 fully saturated rings. The van der Waals surface area contributed by atoms with Crippen LogP contribution in [0, 0.1) is 0 Å². The number of ether oxygens (including phenoxy) is 1. The molecular formula is C12H20N2O. The van der Waals surface area contributed by atoms with Gasteiger partial charge in [0.05, 0.1) is 6.61 Å². The fourth-order valence-corrected chi connectivity index (χ4v) is 1.19. The van der Waals surface area contributed by atoms with Crippen molar-refractivity contribution in [2.45, 2.75) is 39.8 Å². The minimum absolute atomic E-state index is 0.110. The standard InChI is InChI=1S/C12H20N2O/c1-5-15-11-10(7-6-8-13-11)9-14-12(2,3)4/h6-8,14H,5,9H2,1-4H3. The zero-order chi connectivity index (χ0) is 11.3. The van der Waals surface area contributed by atoms with E-state index in [1.807, 2.05) is 19.1 Å². The van der Waals surface area contributed by atoms with Crippen molar-refractivity contribution in [2.75, 3.05) is 6.61 Å². The van der Waals surface area contributed by atoms with Crippen molar-refractivity contribution in [3.8, 4) is 5.88 Å². The maximum Gasteiger partial charge on any atom is 0.217 e. The van der Waals surface area contributed by atoms with Crippen molar-refractivity contribution in [3.63, 3.8) is 0 Å². The van der Waals surface area contributed by atoms with Crippen LogP contribution in [-0.2, 0) is 6.54 Å². The Labute approximate surface area is 91.9 Å². The van der Waals surface area contributed by atoms with E-state index in [0.29, 0.717) is 6.61 Å². The van der Waals surface area contributed by atoms with Crippen LogP contribution in [0.2, 0.25) is 0 Å². The summed E-state index contributed by atoms with van der Waals surface area (Å²) >= 11 is 0. The molecule has 0 bridgehead atoms. The summed E-state index contributed by atoms with van der Waals surface area (Å²) in [7, 11) is 0. The highest BCUT2D eigenvalue weighted by molar-refractivity contribution is 5.25. The van der Waals surface area contributed by atoms with E-state index in [4.69, 9.17) is 4.74 Å². The van der Waals surface area contributed by atoms with Crippen molar-refractivity contribution in [2.24, 2.45) is 0 Å². The first-order valence-corrected chi connectivity index (χ1v) is 5.34. The number of nitrogens with one attached hydrogen (secondary N) is 1. The molecular weight excluding hydrogens is 188 g/mol. The zero-order valence-corrected chi connectivity index (χ0v) is 10.0. The van der Waals surface area contributed by atoms with E-state index in [9.17, 15) is 0 Å². The van der Waals surface area contributed by atoms with Gasteiger partial charge in [0.2, 0.25) is 5.88 Å². The van der Waals surface area contributed by atoms with Gasteiger partial charge in [0.1, 0.15) is 0 Å². The number of hydrogen-bond donors (Lipinski definition) is 1. The predicted octanol–water partition coefficient (Wildman–Crippen LogP) is 2.37. The second-order valence-electron chi connectivity index (χ2n) is 4.50. The van der Waals surface area contributed by atoms with Crippen LogP contribution in [0.4, 0.5) is 0 Å². The summed E-state index contributed by atoms with van der Waals surface area (Å²) in [6, 6.07) is 3.97. The van der Waals surface area contributed by atoms with Crippen molar-refractivity contribution in [1.29, 1.82) is 0 Å². The Kier molecular flexibility index (Phi) is 4.09. The van der Waals surface area contributed by atoms with E-state index in [2.05, 4.69) is 31.1 Å². The van der Waals surface area contributed by atoms with Crippen molar-refractivity contribution in [3.05, 3.63) is 23.9 Å². The van der Waals surface area contributed by atoms with Crippen LogP contribution in [-0.4, -0.2) is 17.1 Å². The molecule has 0 saturated heterocycles. The van der Waals surface area contributed by atoms with Gasteiger partial charge in [0, 0.05) is 23.8 Å². The highest BCUT2D eigenvalue weighted by Gasteiger charge is 2.10. The highest BCUT2D eigenvalue weighted by atomic mass is 16.5. The van der Waals surface area contributed by atoms with Crippen LogP contribution in [0.1, 0.15) is 33.3 Å². The van der Waals surface area contributed by atoms with Gasteiger partial charge in [-0.3, -0.25) is 0 Å². The summed E-state index contributed by atoms with van der Waals surface area (Å²) in [4.78, 5) is 4.21. The van der Waals surface area contributed by atoms with E-state index in [1.54, 1.807) is 6.20 Å². The molecule has 0 aliphatic rings. The van der Waals surface area contributed by atoms with Gasteiger partial charge in [-0.05, 0) is 33.8 Å². The summed E-state index contributed by atoms with van der Waals surface area (Å²) in [5, 5.41) is 3.42. The Balaban J connectivity index is 2.67. The van der Waals surface area contributed by atoms with Crippen LogP contribution in [0.25, 0.3) is 0 Å². The summed E-state index contributed by atoms with van der Waals surface area (Å²) in [6.45, 7) is 9.83. The highest BCUT2D eigenvalue weighted by Crippen LogP contribution is 2.15. The molecule has 0 aliphatic carbocycles. The molecule has 0 unspecified atom stereocenters.